The molecule has 0 atom stereocenters. The van der Waals surface area contributed by atoms with Crippen molar-refractivity contribution in [3.8, 4) is 0 Å². The summed E-state index contributed by atoms with van der Waals surface area (Å²) in [7, 11) is 0. The van der Waals surface area contributed by atoms with Gasteiger partial charge in [0.1, 0.15) is 13.2 Å². The van der Waals surface area contributed by atoms with Crippen LogP contribution in [-0.4, -0.2) is 46.8 Å². The number of hydrogen-bond acceptors (Lipinski definition) is 7. The Bertz CT molecular complexity index is 259. The van der Waals surface area contributed by atoms with Crippen LogP contribution in [0.25, 0.3) is 0 Å². The summed E-state index contributed by atoms with van der Waals surface area (Å²) >= 11 is 0. The van der Waals surface area contributed by atoms with Crippen LogP contribution in [0.1, 0.15) is 0 Å². The third-order valence-electron chi connectivity index (χ3n) is 1.08. The molecule has 9 nitrogen and oxygen atoms in total. The van der Waals surface area contributed by atoms with Gasteiger partial charge in [-0.25, -0.2) is 11.0 Å². The highest BCUT2D eigenvalue weighted by Gasteiger charge is 2.15. The minimum atomic E-state index is -1.30. The van der Waals surface area contributed by atoms with Crippen LogP contribution in [0, 0.1) is 0 Å². The van der Waals surface area contributed by atoms with E-state index in [0.717, 1.165) is 0 Å². The molecule has 0 fully saturated rings. The zero-order chi connectivity index (χ0) is 11.8. The number of hydrogen-bond donors (Lipinski definition) is 4. The maximum Gasteiger partial charge on any atom is 0.315 e. The molecule has 0 aliphatic rings. The van der Waals surface area contributed by atoms with Crippen LogP contribution in [0.4, 0.5) is 0 Å². The van der Waals surface area contributed by atoms with Crippen molar-refractivity contribution in [2.24, 2.45) is 0 Å². The lowest BCUT2D eigenvalue weighted by atomic mass is 10.4. The lowest BCUT2D eigenvalue weighted by Crippen LogP contribution is -2.41. The first kappa shape index (κ1) is 13.2. The van der Waals surface area contributed by atoms with Crippen LogP contribution in [0.3, 0.4) is 0 Å². The Morgan fingerprint density at radius 1 is 0.867 bits per heavy atom. The van der Waals surface area contributed by atoms with E-state index in [4.69, 9.17) is 10.2 Å². The molecule has 0 rings (SSSR count). The van der Waals surface area contributed by atoms with Gasteiger partial charge in [0.15, 0.2) is 0 Å². The van der Waals surface area contributed by atoms with Gasteiger partial charge in [0.2, 0.25) is 11.6 Å². The largest absolute Gasteiger partial charge is 0.388 e. The first-order chi connectivity index (χ1) is 7.02. The highest BCUT2D eigenvalue weighted by Crippen LogP contribution is 1.73. The fourth-order valence-corrected chi connectivity index (χ4v) is 0.376. The molecular weight excluding hydrogens is 212 g/mol. The molecule has 0 bridgehead atoms. The fraction of sp³-hybridized carbons (Fsp3) is 0.333. The van der Waals surface area contributed by atoms with Crippen LogP contribution < -0.4 is 11.0 Å². The number of carbonyl (C=O) groups excluding carboxylic acids is 4. The lowest BCUT2D eigenvalue weighted by molar-refractivity contribution is -0.160. The number of carbonyl (C=O) groups is 4. The normalized spacial score (nSPS) is 9.20. The summed E-state index contributed by atoms with van der Waals surface area (Å²) in [4.78, 5) is 45.9. The zero-order valence-corrected chi connectivity index (χ0v) is 7.35. The maximum atomic E-state index is 10.6. The molecule has 0 unspecified atom stereocenters. The summed E-state index contributed by atoms with van der Waals surface area (Å²) in [6.07, 6.45) is 0. The maximum absolute atomic E-state index is 10.6. The number of amides is 2. The number of aliphatic hydroxyl groups excluding tert-OH is 2. The highest BCUT2D eigenvalue weighted by molar-refractivity contribution is 6.37. The number of ketones is 2. The van der Waals surface area contributed by atoms with Crippen molar-refractivity contribution in [1.82, 2.24) is 11.0 Å². The zero-order valence-electron chi connectivity index (χ0n) is 7.35. The van der Waals surface area contributed by atoms with Gasteiger partial charge in [-0.05, 0) is 0 Å². The Morgan fingerprint density at radius 3 is 1.47 bits per heavy atom. The molecule has 4 N–H and O–H groups in total. The number of Topliss-reactive ketones (excluding diaryl/α,β-unsaturated/α-hetero) is 2. The van der Waals surface area contributed by atoms with Crippen molar-refractivity contribution in [3.05, 3.63) is 0 Å². The van der Waals surface area contributed by atoms with Crippen molar-refractivity contribution >= 4 is 23.4 Å². The van der Waals surface area contributed by atoms with Gasteiger partial charge in [0, 0.05) is 0 Å². The molecule has 0 aromatic rings. The quantitative estimate of drug-likeness (QED) is 0.265. The van der Waals surface area contributed by atoms with Crippen LogP contribution >= 0.6 is 0 Å². The third kappa shape index (κ3) is 4.81. The molecular formula is C6H8N2O7. The van der Waals surface area contributed by atoms with E-state index in [2.05, 4.69) is 4.94 Å². The van der Waals surface area contributed by atoms with Gasteiger partial charge in [0.25, 0.3) is 0 Å². The molecule has 0 saturated heterocycles. The summed E-state index contributed by atoms with van der Waals surface area (Å²) in [5, 5.41) is 16.4. The molecule has 0 aliphatic heterocycles. The number of hydroxylamine groups is 2. The van der Waals surface area contributed by atoms with E-state index in [-0.39, 0.29) is 0 Å². The summed E-state index contributed by atoms with van der Waals surface area (Å²) in [6, 6.07) is 0. The van der Waals surface area contributed by atoms with E-state index >= 15 is 0 Å². The summed E-state index contributed by atoms with van der Waals surface area (Å²) in [5.41, 5.74) is 2.86. The van der Waals surface area contributed by atoms with Crippen LogP contribution in [-0.2, 0) is 24.1 Å². The van der Waals surface area contributed by atoms with Crippen molar-refractivity contribution < 1.29 is 34.3 Å². The van der Waals surface area contributed by atoms with Gasteiger partial charge in [-0.15, -0.1) is 0 Å². The van der Waals surface area contributed by atoms with Crippen molar-refractivity contribution in [3.63, 3.8) is 0 Å². The smallest absolute Gasteiger partial charge is 0.315 e. The van der Waals surface area contributed by atoms with Gasteiger partial charge in [0.05, 0.1) is 0 Å². The molecule has 0 aromatic heterocycles. The van der Waals surface area contributed by atoms with Crippen LogP contribution in [0.2, 0.25) is 0 Å². The lowest BCUT2D eigenvalue weighted by Gasteiger charge is -2.03. The Kier molecular flexibility index (Phi) is 5.78. The molecule has 0 heterocycles. The fourth-order valence-electron chi connectivity index (χ4n) is 0.376. The number of nitrogens with one attached hydrogen (secondary N) is 2. The first-order valence-corrected chi connectivity index (χ1v) is 3.56. The predicted molar refractivity (Wildman–Crippen MR) is 41.6 cm³/mol. The molecule has 84 valence electrons. The Hall–Kier alpha value is -1.84. The molecule has 9 heteroatoms. The predicted octanol–water partition coefficient (Wildman–Crippen LogP) is -3.81. The molecule has 0 aromatic carbocycles. The van der Waals surface area contributed by atoms with E-state index in [1.165, 1.54) is 11.0 Å². The standard InChI is InChI=1S/C6H8N2O7/c9-1-3(11)5(13)7-15-8-6(14)4(12)2-10/h9-10H,1-2H2,(H,7,13)(H,8,14). The van der Waals surface area contributed by atoms with Gasteiger partial charge in [-0.1, -0.05) is 0 Å². The third-order valence-corrected chi connectivity index (χ3v) is 1.08. The SMILES string of the molecule is O=C(CO)C(=O)NONC(=O)C(=O)CO. The average molecular weight is 220 g/mol. The second kappa shape index (κ2) is 6.59. The second-order valence-electron chi connectivity index (χ2n) is 2.13. The minimum Gasteiger partial charge on any atom is -0.388 e. The van der Waals surface area contributed by atoms with Gasteiger partial charge >= 0.3 is 11.8 Å². The van der Waals surface area contributed by atoms with Gasteiger partial charge in [-0.2, -0.15) is 4.94 Å². The second-order valence-corrected chi connectivity index (χ2v) is 2.13. The first-order valence-electron chi connectivity index (χ1n) is 3.56. The highest BCUT2D eigenvalue weighted by atomic mass is 16.8. The Balaban J connectivity index is 3.80. The molecule has 0 spiro atoms. The van der Waals surface area contributed by atoms with E-state index in [1.807, 2.05) is 0 Å². The topological polar surface area (TPSA) is 142 Å². The molecule has 15 heavy (non-hydrogen) atoms. The van der Waals surface area contributed by atoms with Gasteiger partial charge < -0.3 is 10.2 Å². The van der Waals surface area contributed by atoms with E-state index in [1.54, 1.807) is 0 Å². The summed E-state index contributed by atoms with van der Waals surface area (Å²) in [6.45, 7) is -2.03. The van der Waals surface area contributed by atoms with Crippen LogP contribution in [0.5, 0.6) is 0 Å². The number of aliphatic hydroxyl groups is 2. The number of rotatable bonds is 6. The van der Waals surface area contributed by atoms with Crippen molar-refractivity contribution in [2.75, 3.05) is 13.2 Å². The van der Waals surface area contributed by atoms with E-state index in [0.29, 0.717) is 0 Å². The van der Waals surface area contributed by atoms with Crippen molar-refractivity contribution in [1.29, 1.82) is 0 Å². The van der Waals surface area contributed by atoms with E-state index < -0.39 is 36.6 Å². The van der Waals surface area contributed by atoms with Crippen molar-refractivity contribution in [2.45, 2.75) is 0 Å². The molecule has 2 amide bonds. The molecule has 0 aliphatic carbocycles. The molecule has 0 radical (unpaired) electrons. The van der Waals surface area contributed by atoms with Gasteiger partial charge in [-0.3, -0.25) is 19.2 Å². The molecule has 0 saturated carbocycles. The average Bonchev–Trinajstić information content (AvgIpc) is 2.26. The van der Waals surface area contributed by atoms with E-state index in [9.17, 15) is 19.2 Å². The van der Waals surface area contributed by atoms with Crippen LogP contribution in [0.15, 0.2) is 0 Å². The Labute approximate surface area is 82.9 Å². The Morgan fingerprint density at radius 2 is 1.20 bits per heavy atom. The summed E-state index contributed by atoms with van der Waals surface area (Å²) < 4.78 is 0. The monoisotopic (exact) mass is 220 g/mol. The summed E-state index contributed by atoms with van der Waals surface area (Å²) in [5.74, 6) is -4.96. The minimum absolute atomic E-state index is 1.02.